The summed E-state index contributed by atoms with van der Waals surface area (Å²) in [5.74, 6) is -1.32. The number of hydrogen-bond donors (Lipinski definition) is 0. The molecule has 0 fully saturated rings. The third kappa shape index (κ3) is 4.12. The molecule has 1 aliphatic heterocycles. The highest BCUT2D eigenvalue weighted by Gasteiger charge is 2.30. The highest BCUT2D eigenvalue weighted by atomic mass is 19.4. The van der Waals surface area contributed by atoms with Crippen LogP contribution in [0.2, 0.25) is 0 Å². The summed E-state index contributed by atoms with van der Waals surface area (Å²) in [4.78, 5) is 4.14. The zero-order chi connectivity index (χ0) is 18.7. The number of alkyl halides is 3. The van der Waals surface area contributed by atoms with E-state index in [9.17, 15) is 22.0 Å². The van der Waals surface area contributed by atoms with Gasteiger partial charge in [0.1, 0.15) is 29.6 Å². The lowest BCUT2D eigenvalue weighted by molar-refractivity contribution is -0.137. The van der Waals surface area contributed by atoms with Crippen molar-refractivity contribution in [3.8, 4) is 5.75 Å². The summed E-state index contributed by atoms with van der Waals surface area (Å²) in [5, 5.41) is 0. The summed E-state index contributed by atoms with van der Waals surface area (Å²) in [6, 6.07) is 7.47. The Morgan fingerprint density at radius 1 is 1.04 bits per heavy atom. The molecule has 8 heteroatoms. The number of hydrogen-bond acceptors (Lipinski definition) is 3. The smallest absolute Gasteiger partial charge is 0.416 e. The summed E-state index contributed by atoms with van der Waals surface area (Å²) in [6.07, 6.45) is -4.01. The van der Waals surface area contributed by atoms with Crippen LogP contribution >= 0.6 is 0 Å². The quantitative estimate of drug-likeness (QED) is 0.720. The van der Waals surface area contributed by atoms with Crippen molar-refractivity contribution < 1.29 is 31.4 Å². The average Bonchev–Trinajstić information content (AvgIpc) is 3.03. The molecule has 0 bridgehead atoms. The van der Waals surface area contributed by atoms with Gasteiger partial charge >= 0.3 is 6.18 Å². The predicted octanol–water partition coefficient (Wildman–Crippen LogP) is 4.60. The van der Waals surface area contributed by atoms with Crippen molar-refractivity contribution in [1.82, 2.24) is 0 Å². The van der Waals surface area contributed by atoms with Gasteiger partial charge in [-0.05, 0) is 36.4 Å². The number of rotatable bonds is 5. The molecule has 0 saturated heterocycles. The third-order valence-corrected chi connectivity index (χ3v) is 3.79. The number of benzene rings is 2. The molecule has 0 amide bonds. The van der Waals surface area contributed by atoms with E-state index < -0.39 is 23.4 Å². The van der Waals surface area contributed by atoms with Crippen molar-refractivity contribution in [2.45, 2.75) is 18.6 Å². The number of aliphatic imine (C=N–C) groups is 1. The monoisotopic (exact) mass is 371 g/mol. The van der Waals surface area contributed by atoms with Gasteiger partial charge in [0, 0.05) is 6.42 Å². The van der Waals surface area contributed by atoms with E-state index in [4.69, 9.17) is 9.47 Å². The maximum absolute atomic E-state index is 13.7. The van der Waals surface area contributed by atoms with Gasteiger partial charge in [0.15, 0.2) is 0 Å². The van der Waals surface area contributed by atoms with Crippen LogP contribution in [0.25, 0.3) is 0 Å². The van der Waals surface area contributed by atoms with Crippen molar-refractivity contribution >= 4 is 5.90 Å². The van der Waals surface area contributed by atoms with Crippen molar-refractivity contribution in [2.75, 3.05) is 13.2 Å². The molecule has 3 nitrogen and oxygen atoms in total. The largest absolute Gasteiger partial charge is 0.494 e. The fourth-order valence-electron chi connectivity index (χ4n) is 2.46. The van der Waals surface area contributed by atoms with Crippen LogP contribution in [-0.4, -0.2) is 25.2 Å². The highest BCUT2D eigenvalue weighted by Crippen LogP contribution is 2.30. The Kier molecular flexibility index (Phi) is 5.11. The minimum Gasteiger partial charge on any atom is -0.494 e. The number of ether oxygens (including phenoxy) is 2. The second-order valence-corrected chi connectivity index (χ2v) is 5.66. The van der Waals surface area contributed by atoms with Crippen molar-refractivity contribution in [3.63, 3.8) is 0 Å². The first kappa shape index (κ1) is 18.2. The van der Waals surface area contributed by atoms with E-state index in [0.717, 1.165) is 24.3 Å². The lowest BCUT2D eigenvalue weighted by atomic mass is 10.2. The Hall–Kier alpha value is -2.64. The van der Waals surface area contributed by atoms with E-state index in [1.165, 1.54) is 18.2 Å². The van der Waals surface area contributed by atoms with E-state index in [-0.39, 0.29) is 30.7 Å². The van der Waals surface area contributed by atoms with Crippen LogP contribution in [0.4, 0.5) is 22.0 Å². The molecule has 26 heavy (non-hydrogen) atoms. The molecule has 0 radical (unpaired) electrons. The van der Waals surface area contributed by atoms with E-state index >= 15 is 0 Å². The summed E-state index contributed by atoms with van der Waals surface area (Å²) >= 11 is 0. The summed E-state index contributed by atoms with van der Waals surface area (Å²) < 4.78 is 75.5. The van der Waals surface area contributed by atoms with Gasteiger partial charge < -0.3 is 9.47 Å². The Labute approximate surface area is 146 Å². The topological polar surface area (TPSA) is 30.8 Å². The van der Waals surface area contributed by atoms with Gasteiger partial charge in [-0.3, -0.25) is 0 Å². The normalized spacial score (nSPS) is 17.0. The predicted molar refractivity (Wildman–Crippen MR) is 84.2 cm³/mol. The highest BCUT2D eigenvalue weighted by molar-refractivity contribution is 5.95. The summed E-state index contributed by atoms with van der Waals surface area (Å²) in [6.45, 7) is 0.329. The van der Waals surface area contributed by atoms with Crippen LogP contribution in [-0.2, 0) is 10.9 Å². The molecule has 0 aliphatic carbocycles. The Morgan fingerprint density at radius 2 is 1.69 bits per heavy atom. The van der Waals surface area contributed by atoms with Gasteiger partial charge in [0.25, 0.3) is 0 Å². The minimum absolute atomic E-state index is 0.0971. The molecular formula is C18H14F5NO2. The molecule has 2 aromatic carbocycles. The molecule has 0 spiro atoms. The average molecular weight is 371 g/mol. The van der Waals surface area contributed by atoms with E-state index in [2.05, 4.69) is 4.99 Å². The van der Waals surface area contributed by atoms with Crippen molar-refractivity contribution in [2.24, 2.45) is 4.99 Å². The SMILES string of the molecule is Fc1cccc(F)c1C1=NC(CCOc2ccc(C(F)(F)F)cc2)CO1. The molecule has 0 saturated carbocycles. The lowest BCUT2D eigenvalue weighted by Gasteiger charge is -2.10. The second-order valence-electron chi connectivity index (χ2n) is 5.66. The van der Waals surface area contributed by atoms with Crippen LogP contribution in [0.5, 0.6) is 5.75 Å². The molecule has 2 aromatic rings. The van der Waals surface area contributed by atoms with Crippen LogP contribution in [0.1, 0.15) is 17.5 Å². The molecule has 1 heterocycles. The summed E-state index contributed by atoms with van der Waals surface area (Å²) in [7, 11) is 0. The first-order chi connectivity index (χ1) is 12.3. The molecule has 0 aromatic heterocycles. The van der Waals surface area contributed by atoms with Gasteiger partial charge in [-0.25, -0.2) is 13.8 Å². The molecule has 1 atom stereocenters. The van der Waals surface area contributed by atoms with E-state index in [0.29, 0.717) is 12.2 Å². The van der Waals surface area contributed by atoms with E-state index in [1.807, 2.05) is 0 Å². The van der Waals surface area contributed by atoms with E-state index in [1.54, 1.807) is 0 Å². The maximum Gasteiger partial charge on any atom is 0.416 e. The van der Waals surface area contributed by atoms with Gasteiger partial charge in [-0.1, -0.05) is 6.07 Å². The zero-order valence-electron chi connectivity index (χ0n) is 13.4. The Morgan fingerprint density at radius 3 is 2.31 bits per heavy atom. The minimum atomic E-state index is -4.40. The lowest BCUT2D eigenvalue weighted by Crippen LogP contribution is -2.12. The molecule has 1 aliphatic rings. The maximum atomic E-state index is 13.7. The van der Waals surface area contributed by atoms with Gasteiger partial charge in [-0.2, -0.15) is 13.2 Å². The molecule has 138 valence electrons. The van der Waals surface area contributed by atoms with Gasteiger partial charge in [0.05, 0.1) is 18.2 Å². The van der Waals surface area contributed by atoms with Crippen molar-refractivity contribution in [1.29, 1.82) is 0 Å². The second kappa shape index (κ2) is 7.31. The molecule has 0 N–H and O–H groups in total. The standard InChI is InChI=1S/C18H14F5NO2/c19-14-2-1-3-15(20)16(14)17-24-12(10-26-17)8-9-25-13-6-4-11(5-7-13)18(21,22)23/h1-7,12H,8-10H2. The van der Waals surface area contributed by atoms with Gasteiger partial charge in [-0.15, -0.1) is 0 Å². The first-order valence-electron chi connectivity index (χ1n) is 7.79. The molecular weight excluding hydrogens is 357 g/mol. The third-order valence-electron chi connectivity index (χ3n) is 3.79. The summed E-state index contributed by atoms with van der Waals surface area (Å²) in [5.41, 5.74) is -1.06. The molecule has 3 rings (SSSR count). The van der Waals surface area contributed by atoms with Crippen LogP contribution in [0, 0.1) is 11.6 Å². The zero-order valence-corrected chi connectivity index (χ0v) is 13.4. The first-order valence-corrected chi connectivity index (χ1v) is 7.79. The Balaban J connectivity index is 1.56. The fraction of sp³-hybridized carbons (Fsp3) is 0.278. The number of halogens is 5. The molecule has 1 unspecified atom stereocenters. The van der Waals surface area contributed by atoms with Crippen molar-refractivity contribution in [3.05, 3.63) is 65.2 Å². The number of nitrogens with zero attached hydrogens (tertiary/aromatic N) is 1. The fourth-order valence-corrected chi connectivity index (χ4v) is 2.46. The van der Waals surface area contributed by atoms with Crippen LogP contribution in [0.3, 0.4) is 0 Å². The van der Waals surface area contributed by atoms with Gasteiger partial charge in [0.2, 0.25) is 5.90 Å². The van der Waals surface area contributed by atoms with Crippen LogP contribution in [0.15, 0.2) is 47.5 Å². The Bertz CT molecular complexity index is 782. The van der Waals surface area contributed by atoms with Crippen LogP contribution < -0.4 is 4.74 Å².